The van der Waals surface area contributed by atoms with Crippen LogP contribution in [0.3, 0.4) is 0 Å². The summed E-state index contributed by atoms with van der Waals surface area (Å²) in [7, 11) is 0. The molecule has 5 rings (SSSR count). The summed E-state index contributed by atoms with van der Waals surface area (Å²) < 4.78 is 1.72. The minimum Gasteiger partial charge on any atom is -0.345 e. The predicted molar refractivity (Wildman–Crippen MR) is 120 cm³/mol. The van der Waals surface area contributed by atoms with Gasteiger partial charge in [0.1, 0.15) is 0 Å². The van der Waals surface area contributed by atoms with Crippen molar-refractivity contribution in [3.8, 4) is 0 Å². The van der Waals surface area contributed by atoms with E-state index in [0.717, 1.165) is 54.4 Å². The van der Waals surface area contributed by atoms with Crippen molar-refractivity contribution < 1.29 is 4.79 Å². The first-order chi connectivity index (χ1) is 15.6. The summed E-state index contributed by atoms with van der Waals surface area (Å²) in [5, 5.41) is 19.8. The lowest BCUT2D eigenvalue weighted by Crippen LogP contribution is -2.23. The highest BCUT2D eigenvalue weighted by molar-refractivity contribution is 5.91. The van der Waals surface area contributed by atoms with Crippen LogP contribution >= 0.6 is 0 Å². The molecule has 2 aliphatic carbocycles. The van der Waals surface area contributed by atoms with Crippen LogP contribution in [0.15, 0.2) is 36.0 Å². The molecule has 3 aromatic heterocycles. The molecule has 3 aromatic rings. The second kappa shape index (κ2) is 8.98. The average Bonchev–Trinajstić information content (AvgIpc) is 3.38. The van der Waals surface area contributed by atoms with E-state index in [9.17, 15) is 4.79 Å². The van der Waals surface area contributed by atoms with Crippen LogP contribution in [-0.2, 0) is 25.9 Å². The van der Waals surface area contributed by atoms with Crippen LogP contribution in [-0.4, -0.2) is 36.1 Å². The normalized spacial score (nSPS) is 14.8. The van der Waals surface area contributed by atoms with Gasteiger partial charge >= 0.3 is 0 Å². The third-order valence-electron chi connectivity index (χ3n) is 5.99. The van der Waals surface area contributed by atoms with E-state index in [1.165, 1.54) is 24.0 Å². The predicted octanol–water partition coefficient (Wildman–Crippen LogP) is 3.07. The smallest absolute Gasteiger partial charge is 0.273 e. The molecule has 1 amide bonds. The second-order valence-corrected chi connectivity index (χ2v) is 8.68. The quantitative estimate of drug-likeness (QED) is 0.525. The van der Waals surface area contributed by atoms with Crippen molar-refractivity contribution in [2.75, 3.05) is 0 Å². The topological polar surface area (TPSA) is 98.5 Å². The molecule has 1 N–H and O–H groups in total. The fourth-order valence-electron chi connectivity index (χ4n) is 4.07. The number of unbranched alkanes of at least 4 members (excludes halogenated alkanes) is 1. The molecular weight excluding hydrogens is 402 g/mol. The van der Waals surface area contributed by atoms with Crippen molar-refractivity contribution in [3.63, 3.8) is 0 Å². The summed E-state index contributed by atoms with van der Waals surface area (Å²) in [6, 6.07) is 7.93. The van der Waals surface area contributed by atoms with Crippen LogP contribution < -0.4 is 5.32 Å². The Kier molecular flexibility index (Phi) is 5.75. The SMILES string of the molecule is Cc1cccc(CNC(=O)c2cn(CCCCc3cc4c(nn3)CC(C3CC3)=C4)nn2)n1. The number of carbonyl (C=O) groups is 1. The second-order valence-electron chi connectivity index (χ2n) is 8.68. The van der Waals surface area contributed by atoms with Crippen molar-refractivity contribution >= 4 is 12.0 Å². The summed E-state index contributed by atoms with van der Waals surface area (Å²) in [6.07, 6.45) is 10.5. The maximum Gasteiger partial charge on any atom is 0.273 e. The molecule has 0 aliphatic heterocycles. The number of aryl methyl sites for hydroxylation is 3. The number of hydrogen-bond donors (Lipinski definition) is 1. The third kappa shape index (κ3) is 4.90. The van der Waals surface area contributed by atoms with Crippen molar-refractivity contribution in [1.82, 2.24) is 35.5 Å². The maximum absolute atomic E-state index is 12.3. The van der Waals surface area contributed by atoms with Gasteiger partial charge in [-0.3, -0.25) is 14.5 Å². The number of hydrogen-bond acceptors (Lipinski definition) is 6. The van der Waals surface area contributed by atoms with Gasteiger partial charge in [0.2, 0.25) is 0 Å². The summed E-state index contributed by atoms with van der Waals surface area (Å²) in [5.74, 6) is 0.549. The van der Waals surface area contributed by atoms with E-state index in [-0.39, 0.29) is 5.91 Å². The highest BCUT2D eigenvalue weighted by Crippen LogP contribution is 2.41. The summed E-state index contributed by atoms with van der Waals surface area (Å²) in [6.45, 7) is 3.01. The van der Waals surface area contributed by atoms with E-state index in [2.05, 4.69) is 43.0 Å². The lowest BCUT2D eigenvalue weighted by atomic mass is 10.1. The fourth-order valence-corrected chi connectivity index (χ4v) is 4.07. The Hall–Kier alpha value is -3.42. The standard InChI is InChI=1S/C24H27N7O/c1-16-5-4-7-21(26-16)14-25-24(32)23-15-31(30-29-23)10-3-2-6-20-12-19-11-18(17-8-9-17)13-22(19)28-27-20/h4-5,7,11-12,15,17H,2-3,6,8-10,13-14H2,1H3,(H,25,32). The van der Waals surface area contributed by atoms with Gasteiger partial charge in [0.15, 0.2) is 5.69 Å². The molecule has 32 heavy (non-hydrogen) atoms. The number of nitrogens with one attached hydrogen (secondary N) is 1. The maximum atomic E-state index is 12.3. The molecule has 0 atom stereocenters. The van der Waals surface area contributed by atoms with Crippen molar-refractivity contribution in [2.45, 2.75) is 58.5 Å². The highest BCUT2D eigenvalue weighted by Gasteiger charge is 2.29. The molecule has 0 bridgehead atoms. The molecular formula is C24H27N7O. The summed E-state index contributed by atoms with van der Waals surface area (Å²) in [5.41, 5.74) is 7.02. The van der Waals surface area contributed by atoms with Gasteiger partial charge in [0.25, 0.3) is 5.91 Å². The van der Waals surface area contributed by atoms with Gasteiger partial charge in [-0.25, -0.2) is 0 Å². The third-order valence-corrected chi connectivity index (χ3v) is 5.99. The zero-order valence-corrected chi connectivity index (χ0v) is 18.3. The number of carbonyl (C=O) groups excluding carboxylic acids is 1. The lowest BCUT2D eigenvalue weighted by Gasteiger charge is -2.04. The molecule has 8 heteroatoms. The van der Waals surface area contributed by atoms with Crippen molar-refractivity contribution in [3.05, 3.63) is 70.1 Å². The Labute approximate surface area is 187 Å². The fraction of sp³-hybridized carbons (Fsp3) is 0.417. The molecule has 1 fully saturated rings. The van der Waals surface area contributed by atoms with Crippen molar-refractivity contribution in [2.24, 2.45) is 5.92 Å². The molecule has 8 nitrogen and oxygen atoms in total. The van der Waals surface area contributed by atoms with Crippen LogP contribution in [0.1, 0.15) is 64.5 Å². The largest absolute Gasteiger partial charge is 0.345 e. The Balaban J connectivity index is 1.07. The molecule has 3 heterocycles. The van der Waals surface area contributed by atoms with E-state index >= 15 is 0 Å². The van der Waals surface area contributed by atoms with E-state index in [1.807, 2.05) is 25.1 Å². The van der Waals surface area contributed by atoms with E-state index in [1.54, 1.807) is 10.9 Å². The molecule has 0 unspecified atom stereocenters. The number of allylic oxidation sites excluding steroid dienone is 1. The Morgan fingerprint density at radius 1 is 1.16 bits per heavy atom. The lowest BCUT2D eigenvalue weighted by molar-refractivity contribution is 0.0945. The first-order valence-electron chi connectivity index (χ1n) is 11.3. The minimum atomic E-state index is -0.244. The molecule has 164 valence electrons. The first kappa shape index (κ1) is 20.5. The van der Waals surface area contributed by atoms with Gasteiger partial charge in [0, 0.05) is 18.7 Å². The van der Waals surface area contributed by atoms with Gasteiger partial charge in [-0.2, -0.15) is 10.2 Å². The van der Waals surface area contributed by atoms with Gasteiger partial charge in [-0.05, 0) is 68.7 Å². The van der Waals surface area contributed by atoms with Gasteiger partial charge in [-0.15, -0.1) is 5.10 Å². The summed E-state index contributed by atoms with van der Waals surface area (Å²) >= 11 is 0. The number of aromatic nitrogens is 6. The van der Waals surface area contributed by atoms with E-state index in [0.29, 0.717) is 18.8 Å². The van der Waals surface area contributed by atoms with E-state index in [4.69, 9.17) is 0 Å². The molecule has 2 aliphatic rings. The van der Waals surface area contributed by atoms with Crippen LogP contribution in [0.2, 0.25) is 0 Å². The molecule has 0 saturated heterocycles. The zero-order chi connectivity index (χ0) is 21.9. The summed E-state index contributed by atoms with van der Waals surface area (Å²) in [4.78, 5) is 16.7. The van der Waals surface area contributed by atoms with E-state index < -0.39 is 0 Å². The van der Waals surface area contributed by atoms with Crippen LogP contribution in [0, 0.1) is 12.8 Å². The van der Waals surface area contributed by atoms with Crippen LogP contribution in [0.4, 0.5) is 0 Å². The van der Waals surface area contributed by atoms with Crippen molar-refractivity contribution in [1.29, 1.82) is 0 Å². The monoisotopic (exact) mass is 429 g/mol. The van der Waals surface area contributed by atoms with Gasteiger partial charge < -0.3 is 5.32 Å². The molecule has 1 saturated carbocycles. The zero-order valence-electron chi connectivity index (χ0n) is 18.3. The number of nitrogens with zero attached hydrogens (tertiary/aromatic N) is 6. The Bertz CT molecular complexity index is 1160. The number of amides is 1. The van der Waals surface area contributed by atoms with Gasteiger partial charge in [0.05, 0.1) is 29.8 Å². The number of pyridine rings is 1. The van der Waals surface area contributed by atoms with Crippen LogP contribution in [0.25, 0.3) is 6.08 Å². The van der Waals surface area contributed by atoms with Crippen LogP contribution in [0.5, 0.6) is 0 Å². The van der Waals surface area contributed by atoms with Gasteiger partial charge in [-0.1, -0.05) is 22.9 Å². The molecule has 0 aromatic carbocycles. The minimum absolute atomic E-state index is 0.244. The molecule has 0 radical (unpaired) electrons. The average molecular weight is 430 g/mol. The molecule has 0 spiro atoms. The number of rotatable bonds is 9. The Morgan fingerprint density at radius 2 is 2.06 bits per heavy atom. The first-order valence-corrected chi connectivity index (χ1v) is 11.3. The number of fused-ring (bicyclic) bond motifs is 1. The Morgan fingerprint density at radius 3 is 2.91 bits per heavy atom. The highest BCUT2D eigenvalue weighted by atomic mass is 16.2.